The third-order valence-electron chi connectivity index (χ3n) is 10.5. The number of nitrogens with zero attached hydrogens (tertiary/aromatic N) is 5. The molecule has 11 rings (SSSR count). The summed E-state index contributed by atoms with van der Waals surface area (Å²) in [5.74, 6) is 0. The summed E-state index contributed by atoms with van der Waals surface area (Å²) in [5.41, 5.74) is 11.8. The van der Waals surface area contributed by atoms with Gasteiger partial charge in [-0.2, -0.15) is 0 Å². The van der Waals surface area contributed by atoms with Crippen molar-refractivity contribution in [1.29, 1.82) is 0 Å². The fraction of sp³-hybridized carbons (Fsp3) is 0. The average Bonchev–Trinajstić information content (AvgIpc) is 3.24. The van der Waals surface area contributed by atoms with Gasteiger partial charge in [0.2, 0.25) is 0 Å². The van der Waals surface area contributed by atoms with Crippen molar-refractivity contribution in [3.63, 3.8) is 0 Å². The van der Waals surface area contributed by atoms with Crippen LogP contribution in [0.1, 0.15) is 0 Å². The number of hydrogen-bond donors (Lipinski definition) is 0. The second kappa shape index (κ2) is 12.1. The Kier molecular flexibility index (Phi) is 6.79. The van der Waals surface area contributed by atoms with Crippen LogP contribution in [0.15, 0.2) is 176 Å². The maximum Gasteiger partial charge on any atom is 0.0972 e. The number of rotatable bonds is 4. The number of aromatic nitrogens is 5. The topological polar surface area (TPSA) is 64.5 Å². The van der Waals surface area contributed by atoms with E-state index >= 15 is 0 Å². The SMILES string of the molecule is c1ccc2cc(-c3ccc4ccc(-c5ccc6nc(-c7ccc8cc(-c9ccc%10ccc%11cccnc%11c%10n9)ccc8c7)ccc6c5)cc4n3)ncc2c1. The van der Waals surface area contributed by atoms with E-state index in [1.807, 2.05) is 30.6 Å². The van der Waals surface area contributed by atoms with Gasteiger partial charge in [-0.15, -0.1) is 0 Å². The van der Waals surface area contributed by atoms with E-state index in [1.54, 1.807) is 0 Å². The van der Waals surface area contributed by atoms with Gasteiger partial charge in [-0.3, -0.25) is 9.97 Å². The lowest BCUT2D eigenvalue weighted by atomic mass is 9.99. The van der Waals surface area contributed by atoms with Crippen molar-refractivity contribution in [3.8, 4) is 45.0 Å². The van der Waals surface area contributed by atoms with Crippen LogP contribution in [0.25, 0.3) is 110 Å². The molecule has 5 heterocycles. The Morgan fingerprint density at radius 3 is 1.69 bits per heavy atom. The van der Waals surface area contributed by atoms with Gasteiger partial charge in [0.1, 0.15) is 0 Å². The van der Waals surface area contributed by atoms with E-state index in [1.165, 1.54) is 0 Å². The molecule has 5 heteroatoms. The van der Waals surface area contributed by atoms with Gasteiger partial charge >= 0.3 is 0 Å². The summed E-state index contributed by atoms with van der Waals surface area (Å²) in [4.78, 5) is 24.5. The molecule has 0 aliphatic heterocycles. The van der Waals surface area contributed by atoms with Crippen LogP contribution in [0.4, 0.5) is 0 Å². The smallest absolute Gasteiger partial charge is 0.0972 e. The second-order valence-corrected chi connectivity index (χ2v) is 13.8. The molecule has 0 saturated carbocycles. The Hall–Kier alpha value is -7.37. The predicted molar refractivity (Wildman–Crippen MR) is 222 cm³/mol. The molecule has 0 N–H and O–H groups in total. The number of hydrogen-bond acceptors (Lipinski definition) is 5. The first-order valence-electron chi connectivity index (χ1n) is 18.0. The minimum Gasteiger partial charge on any atom is -0.254 e. The van der Waals surface area contributed by atoms with Gasteiger partial charge in [-0.05, 0) is 87.9 Å². The van der Waals surface area contributed by atoms with Crippen molar-refractivity contribution in [2.24, 2.45) is 0 Å². The van der Waals surface area contributed by atoms with Crippen molar-refractivity contribution < 1.29 is 0 Å². The van der Waals surface area contributed by atoms with E-state index < -0.39 is 0 Å². The lowest BCUT2D eigenvalue weighted by Crippen LogP contribution is -1.90. The van der Waals surface area contributed by atoms with Crippen LogP contribution in [-0.2, 0) is 0 Å². The van der Waals surface area contributed by atoms with Crippen molar-refractivity contribution >= 4 is 65.2 Å². The predicted octanol–water partition coefficient (Wildman–Crippen LogP) is 12.2. The lowest BCUT2D eigenvalue weighted by Gasteiger charge is -2.10. The van der Waals surface area contributed by atoms with Crippen LogP contribution in [0.3, 0.4) is 0 Å². The van der Waals surface area contributed by atoms with Crippen molar-refractivity contribution in [3.05, 3.63) is 176 Å². The average molecular weight is 688 g/mol. The van der Waals surface area contributed by atoms with Crippen LogP contribution in [0, 0.1) is 0 Å². The zero-order valence-electron chi connectivity index (χ0n) is 29.0. The highest BCUT2D eigenvalue weighted by Crippen LogP contribution is 2.33. The highest BCUT2D eigenvalue weighted by molar-refractivity contribution is 6.03. The van der Waals surface area contributed by atoms with Crippen molar-refractivity contribution in [2.75, 3.05) is 0 Å². The zero-order valence-corrected chi connectivity index (χ0v) is 29.0. The third-order valence-corrected chi connectivity index (χ3v) is 10.5. The molecule has 250 valence electrons. The molecule has 0 unspecified atom stereocenters. The molecule has 0 saturated heterocycles. The first-order valence-corrected chi connectivity index (χ1v) is 18.0. The van der Waals surface area contributed by atoms with E-state index in [0.717, 1.165) is 110 Å². The van der Waals surface area contributed by atoms with Gasteiger partial charge in [-0.1, -0.05) is 103 Å². The van der Waals surface area contributed by atoms with E-state index in [4.69, 9.17) is 19.9 Å². The molecule has 0 fully saturated rings. The fourth-order valence-electron chi connectivity index (χ4n) is 7.58. The Balaban J connectivity index is 0.884. The van der Waals surface area contributed by atoms with Crippen molar-refractivity contribution in [1.82, 2.24) is 24.9 Å². The van der Waals surface area contributed by atoms with Gasteiger partial charge in [0.25, 0.3) is 0 Å². The van der Waals surface area contributed by atoms with E-state index in [-0.39, 0.29) is 0 Å². The van der Waals surface area contributed by atoms with Crippen LogP contribution >= 0.6 is 0 Å². The molecule has 5 aromatic heterocycles. The van der Waals surface area contributed by atoms with E-state index in [2.05, 4.69) is 151 Å². The standard InChI is InChI=1S/C49H29N5/c1-2-5-41-29-51-47(28-33(41)4-1)45-22-15-30-7-10-37(27-46(30)53-45)36-17-20-42-40(26-36)18-21-43(52-42)38-13-11-35-25-39(14-12-34(35)24-38)44-19-16-32-9-8-31-6-3-23-50-48(31)49(32)54-44/h1-29H. The first-order chi connectivity index (χ1) is 26.7. The molecule has 0 aliphatic rings. The third kappa shape index (κ3) is 5.22. The number of pyridine rings is 5. The van der Waals surface area contributed by atoms with Gasteiger partial charge in [0, 0.05) is 50.5 Å². The molecule has 5 nitrogen and oxygen atoms in total. The summed E-state index contributed by atoms with van der Waals surface area (Å²) in [5, 5.41) is 8.96. The molecule has 0 bridgehead atoms. The molecule has 0 aliphatic carbocycles. The molecule has 11 aromatic rings. The molecule has 0 atom stereocenters. The second-order valence-electron chi connectivity index (χ2n) is 13.8. The van der Waals surface area contributed by atoms with Gasteiger partial charge in [0.05, 0.1) is 44.8 Å². The first kappa shape index (κ1) is 30.3. The summed E-state index contributed by atoms with van der Waals surface area (Å²) in [6, 6.07) is 57.4. The molecular formula is C49H29N5. The lowest BCUT2D eigenvalue weighted by molar-refractivity contribution is 1.29. The molecule has 0 spiro atoms. The number of benzene rings is 6. The summed E-state index contributed by atoms with van der Waals surface area (Å²) >= 11 is 0. The largest absolute Gasteiger partial charge is 0.254 e. The van der Waals surface area contributed by atoms with Crippen LogP contribution in [0.2, 0.25) is 0 Å². The van der Waals surface area contributed by atoms with Crippen LogP contribution < -0.4 is 0 Å². The molecular weight excluding hydrogens is 659 g/mol. The van der Waals surface area contributed by atoms with Crippen molar-refractivity contribution in [2.45, 2.75) is 0 Å². The van der Waals surface area contributed by atoms with Gasteiger partial charge in [-0.25, -0.2) is 15.0 Å². The van der Waals surface area contributed by atoms with E-state index in [9.17, 15) is 0 Å². The Bertz CT molecular complexity index is 3300. The molecule has 0 amide bonds. The molecule has 0 radical (unpaired) electrons. The normalized spacial score (nSPS) is 11.7. The summed E-state index contributed by atoms with van der Waals surface area (Å²) in [6.07, 6.45) is 3.75. The Morgan fingerprint density at radius 1 is 0.278 bits per heavy atom. The highest BCUT2D eigenvalue weighted by atomic mass is 14.8. The van der Waals surface area contributed by atoms with Gasteiger partial charge in [0.15, 0.2) is 0 Å². The summed E-state index contributed by atoms with van der Waals surface area (Å²) in [6.45, 7) is 0. The van der Waals surface area contributed by atoms with E-state index in [0.29, 0.717) is 0 Å². The maximum absolute atomic E-state index is 5.09. The minimum atomic E-state index is 0.864. The summed E-state index contributed by atoms with van der Waals surface area (Å²) < 4.78 is 0. The Labute approximate surface area is 310 Å². The highest BCUT2D eigenvalue weighted by Gasteiger charge is 2.11. The minimum absolute atomic E-state index is 0.864. The maximum atomic E-state index is 5.09. The molecule has 6 aromatic carbocycles. The van der Waals surface area contributed by atoms with Crippen LogP contribution in [-0.4, -0.2) is 24.9 Å². The zero-order chi connectivity index (χ0) is 35.6. The Morgan fingerprint density at radius 2 is 0.833 bits per heavy atom. The summed E-state index contributed by atoms with van der Waals surface area (Å²) in [7, 11) is 0. The molecule has 54 heavy (non-hydrogen) atoms. The van der Waals surface area contributed by atoms with Crippen LogP contribution in [0.5, 0.6) is 0 Å². The quantitative estimate of drug-likeness (QED) is 0.172. The number of fused-ring (bicyclic) bond motifs is 7. The monoisotopic (exact) mass is 687 g/mol. The van der Waals surface area contributed by atoms with Gasteiger partial charge < -0.3 is 0 Å². The fourth-order valence-corrected chi connectivity index (χ4v) is 7.58.